The van der Waals surface area contributed by atoms with Crippen molar-refractivity contribution in [3.05, 3.63) is 0 Å². The van der Waals surface area contributed by atoms with E-state index in [1.54, 1.807) is 22.6 Å². The summed E-state index contributed by atoms with van der Waals surface area (Å²) in [5, 5.41) is 2.48. The fourth-order valence-electron chi connectivity index (χ4n) is 0.855. The maximum atomic E-state index is 10.8. The Labute approximate surface area is 85.4 Å². The molecule has 0 aromatic heterocycles. The monoisotopic (exact) mass is 284 g/mol. The molecule has 3 N–H and O–H groups in total. The first kappa shape index (κ1) is 11.7. The summed E-state index contributed by atoms with van der Waals surface area (Å²) in [7, 11) is 0. The minimum absolute atomic E-state index is 0.253. The van der Waals surface area contributed by atoms with E-state index in [9.17, 15) is 9.59 Å². The average Bonchev–Trinajstić information content (AvgIpc) is 1.83. The van der Waals surface area contributed by atoms with Gasteiger partial charge in [0.05, 0.1) is 0 Å². The van der Waals surface area contributed by atoms with Crippen LogP contribution in [0.3, 0.4) is 0 Å². The Balaban J connectivity index is 4.04. The summed E-state index contributed by atoms with van der Waals surface area (Å²) in [5.74, 6) is -0.139. The molecule has 0 heterocycles. The summed E-state index contributed by atoms with van der Waals surface area (Å²) < 4.78 is -0.253. The van der Waals surface area contributed by atoms with Crippen LogP contribution in [0.5, 0.6) is 0 Å². The molecule has 0 radical (unpaired) electrons. The molecule has 0 bridgehead atoms. The van der Waals surface area contributed by atoms with Crippen LogP contribution in [0.25, 0.3) is 0 Å². The third-order valence-electron chi connectivity index (χ3n) is 1.34. The van der Waals surface area contributed by atoms with E-state index in [0.29, 0.717) is 12.3 Å². The highest BCUT2D eigenvalue weighted by Crippen LogP contribution is 2.04. The van der Waals surface area contributed by atoms with Crippen LogP contribution < -0.4 is 11.1 Å². The van der Waals surface area contributed by atoms with E-state index >= 15 is 0 Å². The number of amides is 2. The Morgan fingerprint density at radius 2 is 2.00 bits per heavy atom. The number of nitrogens with one attached hydrogen (secondary N) is 1. The van der Waals surface area contributed by atoms with Gasteiger partial charge in [0.25, 0.3) is 3.91 Å². The van der Waals surface area contributed by atoms with Gasteiger partial charge in [-0.05, 0) is 12.3 Å². The maximum Gasteiger partial charge on any atom is 0.281 e. The fourth-order valence-corrected chi connectivity index (χ4v) is 1.23. The van der Waals surface area contributed by atoms with Crippen LogP contribution in [-0.4, -0.2) is 15.9 Å². The van der Waals surface area contributed by atoms with Gasteiger partial charge in [0, 0.05) is 22.6 Å². The van der Waals surface area contributed by atoms with E-state index in [-0.39, 0.29) is 3.91 Å². The molecule has 0 unspecified atom stereocenters. The van der Waals surface area contributed by atoms with E-state index in [4.69, 9.17) is 5.73 Å². The van der Waals surface area contributed by atoms with Gasteiger partial charge in [-0.25, -0.2) is 0 Å². The number of hydrogen-bond acceptors (Lipinski definition) is 2. The Morgan fingerprint density at radius 3 is 2.25 bits per heavy atom. The quantitative estimate of drug-likeness (QED) is 0.460. The van der Waals surface area contributed by atoms with Gasteiger partial charge in [0.1, 0.15) is 6.04 Å². The number of carbonyl (C=O) groups excluding carboxylic acids is 2. The van der Waals surface area contributed by atoms with Crippen LogP contribution in [-0.2, 0) is 4.79 Å². The maximum absolute atomic E-state index is 10.8. The summed E-state index contributed by atoms with van der Waals surface area (Å²) >= 11 is 1.58. The summed E-state index contributed by atoms with van der Waals surface area (Å²) in [4.78, 5) is 21.4. The van der Waals surface area contributed by atoms with Gasteiger partial charge < -0.3 is 11.1 Å². The van der Waals surface area contributed by atoms with Crippen LogP contribution in [0.4, 0.5) is 4.79 Å². The van der Waals surface area contributed by atoms with Crippen molar-refractivity contribution in [1.29, 1.82) is 0 Å². The molecule has 0 spiro atoms. The largest absolute Gasteiger partial charge is 0.368 e. The standard InChI is InChI=1S/C7H13IN2O2/c1-4(2)3-5(6(9)11)10-7(8)12/h4-5H,3H2,1-2H3,(H2,9,11)(H,10,12)/t5-/m0/s1. The molecule has 0 aliphatic carbocycles. The second kappa shape index (κ2) is 5.34. The molecule has 0 aliphatic heterocycles. The highest BCUT2D eigenvalue weighted by atomic mass is 127. The van der Waals surface area contributed by atoms with Gasteiger partial charge >= 0.3 is 0 Å². The second-order valence-electron chi connectivity index (χ2n) is 3.00. The Bertz CT molecular complexity index is 182. The van der Waals surface area contributed by atoms with E-state index < -0.39 is 11.9 Å². The van der Waals surface area contributed by atoms with Crippen molar-refractivity contribution in [1.82, 2.24) is 5.32 Å². The summed E-state index contributed by atoms with van der Waals surface area (Å²) in [5.41, 5.74) is 5.08. The Kier molecular flexibility index (Phi) is 5.19. The van der Waals surface area contributed by atoms with E-state index in [1.165, 1.54) is 0 Å². The minimum Gasteiger partial charge on any atom is -0.368 e. The fraction of sp³-hybridized carbons (Fsp3) is 0.714. The predicted octanol–water partition coefficient (Wildman–Crippen LogP) is 1.03. The van der Waals surface area contributed by atoms with Crippen molar-refractivity contribution in [2.75, 3.05) is 0 Å². The van der Waals surface area contributed by atoms with Crippen LogP contribution >= 0.6 is 22.6 Å². The van der Waals surface area contributed by atoms with Crippen molar-refractivity contribution in [3.63, 3.8) is 0 Å². The molecular weight excluding hydrogens is 271 g/mol. The molecule has 12 heavy (non-hydrogen) atoms. The highest BCUT2D eigenvalue weighted by Gasteiger charge is 2.17. The number of primary amides is 1. The molecule has 0 rings (SSSR count). The van der Waals surface area contributed by atoms with E-state index in [1.807, 2.05) is 13.8 Å². The summed E-state index contributed by atoms with van der Waals surface area (Å²) in [6.07, 6.45) is 0.587. The normalized spacial score (nSPS) is 12.7. The Morgan fingerprint density at radius 1 is 1.50 bits per heavy atom. The van der Waals surface area contributed by atoms with E-state index in [0.717, 1.165) is 0 Å². The van der Waals surface area contributed by atoms with E-state index in [2.05, 4.69) is 5.32 Å². The number of rotatable bonds is 4. The molecule has 0 fully saturated rings. The molecule has 5 heteroatoms. The summed E-state index contributed by atoms with van der Waals surface area (Å²) in [6, 6.07) is -0.533. The molecule has 0 aromatic carbocycles. The van der Waals surface area contributed by atoms with Crippen molar-refractivity contribution < 1.29 is 9.59 Å². The van der Waals surface area contributed by atoms with Crippen LogP contribution in [0, 0.1) is 5.92 Å². The van der Waals surface area contributed by atoms with Crippen molar-refractivity contribution in [3.8, 4) is 0 Å². The molecule has 4 nitrogen and oxygen atoms in total. The van der Waals surface area contributed by atoms with Gasteiger partial charge in [-0.3, -0.25) is 9.59 Å². The zero-order chi connectivity index (χ0) is 9.72. The third-order valence-corrected chi connectivity index (χ3v) is 1.65. The lowest BCUT2D eigenvalue weighted by molar-refractivity contribution is -0.120. The zero-order valence-corrected chi connectivity index (χ0v) is 9.29. The van der Waals surface area contributed by atoms with Crippen LogP contribution in [0.1, 0.15) is 20.3 Å². The lowest BCUT2D eigenvalue weighted by Gasteiger charge is -2.15. The molecule has 0 aromatic rings. The summed E-state index contributed by atoms with van der Waals surface area (Å²) in [6.45, 7) is 3.94. The smallest absolute Gasteiger partial charge is 0.281 e. The number of carbonyl (C=O) groups is 2. The van der Waals surface area contributed by atoms with Gasteiger partial charge in [-0.15, -0.1) is 0 Å². The highest BCUT2D eigenvalue weighted by molar-refractivity contribution is 14.1. The second-order valence-corrected chi connectivity index (χ2v) is 3.98. The van der Waals surface area contributed by atoms with Crippen LogP contribution in [0.15, 0.2) is 0 Å². The van der Waals surface area contributed by atoms with Gasteiger partial charge in [-0.1, -0.05) is 13.8 Å². The first-order chi connectivity index (χ1) is 5.43. The molecule has 0 saturated carbocycles. The van der Waals surface area contributed by atoms with Crippen molar-refractivity contribution >= 4 is 32.4 Å². The molecule has 2 amide bonds. The SMILES string of the molecule is CC(C)C[C@H](NC(=O)I)C(N)=O. The van der Waals surface area contributed by atoms with Crippen molar-refractivity contribution in [2.45, 2.75) is 26.3 Å². The van der Waals surface area contributed by atoms with Gasteiger partial charge in [0.15, 0.2) is 0 Å². The molecule has 1 atom stereocenters. The number of halogens is 1. The first-order valence-electron chi connectivity index (χ1n) is 3.68. The topological polar surface area (TPSA) is 72.2 Å². The average molecular weight is 284 g/mol. The lowest BCUT2D eigenvalue weighted by atomic mass is 10.0. The van der Waals surface area contributed by atoms with Gasteiger partial charge in [-0.2, -0.15) is 0 Å². The minimum atomic E-state index is -0.533. The van der Waals surface area contributed by atoms with Crippen LogP contribution in [0.2, 0.25) is 0 Å². The molecule has 70 valence electrons. The van der Waals surface area contributed by atoms with Crippen molar-refractivity contribution in [2.24, 2.45) is 11.7 Å². The number of hydrogen-bond donors (Lipinski definition) is 2. The molecule has 0 saturated heterocycles. The molecule has 0 aliphatic rings. The number of nitrogens with two attached hydrogens (primary N) is 1. The Hall–Kier alpha value is -0.330. The zero-order valence-electron chi connectivity index (χ0n) is 7.13. The first-order valence-corrected chi connectivity index (χ1v) is 4.76. The lowest BCUT2D eigenvalue weighted by Crippen LogP contribution is -2.43. The molecular formula is C7H13IN2O2. The van der Waals surface area contributed by atoms with Gasteiger partial charge in [0.2, 0.25) is 5.91 Å². The third kappa shape index (κ3) is 5.34. The predicted molar refractivity (Wildman–Crippen MR) is 55.0 cm³/mol.